The number of hydrogen-bond acceptors (Lipinski definition) is 3. The molecule has 2 aromatic heterocycles. The van der Waals surface area contributed by atoms with Gasteiger partial charge < -0.3 is 0 Å². The van der Waals surface area contributed by atoms with Crippen molar-refractivity contribution in [3.63, 3.8) is 0 Å². The summed E-state index contributed by atoms with van der Waals surface area (Å²) in [5.41, 5.74) is 0.732. The smallest absolute Gasteiger partial charge is 0.267 e. The summed E-state index contributed by atoms with van der Waals surface area (Å²) in [6.45, 7) is 0.437. The Balaban J connectivity index is 2.33. The number of aromatic nitrogens is 3. The summed E-state index contributed by atoms with van der Waals surface area (Å²) in [6, 6.07) is 5.59. The SMILES string of the molecule is O=c1c(Br)cncn1Cc1ccccn1. The van der Waals surface area contributed by atoms with Crippen molar-refractivity contribution in [2.24, 2.45) is 0 Å². The fourth-order valence-corrected chi connectivity index (χ4v) is 1.55. The molecule has 0 bridgehead atoms. The maximum absolute atomic E-state index is 11.6. The maximum atomic E-state index is 11.6. The highest BCUT2D eigenvalue weighted by molar-refractivity contribution is 9.10. The van der Waals surface area contributed by atoms with Crippen LogP contribution in [0.2, 0.25) is 0 Å². The van der Waals surface area contributed by atoms with Crippen LogP contribution in [-0.2, 0) is 6.54 Å². The molecule has 0 aromatic carbocycles. The fourth-order valence-electron chi connectivity index (χ4n) is 1.20. The van der Waals surface area contributed by atoms with Crippen molar-refractivity contribution >= 4 is 15.9 Å². The van der Waals surface area contributed by atoms with Crippen LogP contribution in [0.25, 0.3) is 0 Å². The molecule has 0 atom stereocenters. The molecule has 5 heteroatoms. The molecule has 2 rings (SSSR count). The predicted octanol–water partition coefficient (Wildman–Crippen LogP) is 1.45. The van der Waals surface area contributed by atoms with Gasteiger partial charge in [0.15, 0.2) is 0 Å². The quantitative estimate of drug-likeness (QED) is 0.826. The first kappa shape index (κ1) is 10.0. The average Bonchev–Trinajstić information content (AvgIpc) is 2.26. The number of halogens is 1. The number of hydrogen-bond donors (Lipinski definition) is 0. The molecule has 0 aliphatic carbocycles. The van der Waals surface area contributed by atoms with E-state index in [9.17, 15) is 4.79 Å². The first-order valence-electron chi connectivity index (χ1n) is 4.37. The van der Waals surface area contributed by atoms with Crippen LogP contribution in [0.4, 0.5) is 0 Å². The van der Waals surface area contributed by atoms with Gasteiger partial charge in [0.1, 0.15) is 4.47 Å². The molecular weight excluding hydrogens is 258 g/mol. The lowest BCUT2D eigenvalue weighted by Crippen LogP contribution is -2.21. The van der Waals surface area contributed by atoms with Gasteiger partial charge in [-0.25, -0.2) is 4.98 Å². The van der Waals surface area contributed by atoms with Crippen LogP contribution in [0.1, 0.15) is 5.69 Å². The van der Waals surface area contributed by atoms with E-state index in [1.807, 2.05) is 18.2 Å². The van der Waals surface area contributed by atoms with Gasteiger partial charge in [-0.2, -0.15) is 0 Å². The molecule has 2 aromatic rings. The van der Waals surface area contributed by atoms with Gasteiger partial charge in [0, 0.05) is 12.4 Å². The lowest BCUT2D eigenvalue weighted by molar-refractivity contribution is 0.714. The molecule has 0 aliphatic heterocycles. The van der Waals surface area contributed by atoms with Gasteiger partial charge in [0.2, 0.25) is 0 Å². The highest BCUT2D eigenvalue weighted by Crippen LogP contribution is 2.00. The molecule has 0 aliphatic rings. The fraction of sp³-hybridized carbons (Fsp3) is 0.100. The largest absolute Gasteiger partial charge is 0.292 e. The molecule has 2 heterocycles. The van der Waals surface area contributed by atoms with Crippen molar-refractivity contribution in [2.75, 3.05) is 0 Å². The summed E-state index contributed by atoms with van der Waals surface area (Å²) in [6.07, 6.45) is 4.69. The topological polar surface area (TPSA) is 47.8 Å². The van der Waals surface area contributed by atoms with Crippen molar-refractivity contribution in [2.45, 2.75) is 6.54 Å². The van der Waals surface area contributed by atoms with Gasteiger partial charge in [-0.3, -0.25) is 14.3 Å². The summed E-state index contributed by atoms with van der Waals surface area (Å²) >= 11 is 3.14. The molecule has 0 amide bonds. The van der Waals surface area contributed by atoms with Crippen molar-refractivity contribution < 1.29 is 0 Å². The molecule has 0 radical (unpaired) electrons. The van der Waals surface area contributed by atoms with Crippen LogP contribution in [0.5, 0.6) is 0 Å². The van der Waals surface area contributed by atoms with Crippen LogP contribution in [0, 0.1) is 0 Å². The summed E-state index contributed by atoms with van der Waals surface area (Å²) in [5, 5.41) is 0. The van der Waals surface area contributed by atoms with E-state index in [2.05, 4.69) is 25.9 Å². The van der Waals surface area contributed by atoms with Gasteiger partial charge in [-0.15, -0.1) is 0 Å². The van der Waals surface area contributed by atoms with Crippen molar-refractivity contribution in [1.29, 1.82) is 0 Å². The lowest BCUT2D eigenvalue weighted by Gasteiger charge is -2.03. The van der Waals surface area contributed by atoms with E-state index in [0.29, 0.717) is 11.0 Å². The predicted molar refractivity (Wildman–Crippen MR) is 59.5 cm³/mol. The van der Waals surface area contributed by atoms with Gasteiger partial charge >= 0.3 is 0 Å². The van der Waals surface area contributed by atoms with Crippen LogP contribution in [0.3, 0.4) is 0 Å². The minimum Gasteiger partial charge on any atom is -0.292 e. The van der Waals surface area contributed by atoms with Crippen LogP contribution in [0.15, 0.2) is 46.2 Å². The summed E-state index contributed by atoms with van der Waals surface area (Å²) in [7, 11) is 0. The average molecular weight is 266 g/mol. The Morgan fingerprint density at radius 2 is 2.27 bits per heavy atom. The molecule has 0 unspecified atom stereocenters. The molecule has 0 fully saturated rings. The Kier molecular flexibility index (Phi) is 2.91. The Labute approximate surface area is 94.8 Å². The molecule has 0 spiro atoms. The van der Waals surface area contributed by atoms with Crippen LogP contribution < -0.4 is 5.56 Å². The Morgan fingerprint density at radius 3 is 3.00 bits per heavy atom. The van der Waals surface area contributed by atoms with Gasteiger partial charge in [0.25, 0.3) is 5.56 Å². The highest BCUT2D eigenvalue weighted by atomic mass is 79.9. The molecule has 0 saturated heterocycles. The highest BCUT2D eigenvalue weighted by Gasteiger charge is 2.01. The number of pyridine rings is 1. The van der Waals surface area contributed by atoms with Crippen molar-refractivity contribution in [3.05, 3.63) is 57.4 Å². The number of rotatable bonds is 2. The zero-order valence-corrected chi connectivity index (χ0v) is 9.39. The van der Waals surface area contributed by atoms with E-state index in [-0.39, 0.29) is 5.56 Å². The van der Waals surface area contributed by atoms with E-state index in [0.717, 1.165) is 5.69 Å². The normalized spacial score (nSPS) is 10.2. The second kappa shape index (κ2) is 4.35. The minimum atomic E-state index is -0.101. The lowest BCUT2D eigenvalue weighted by atomic mass is 10.3. The van der Waals surface area contributed by atoms with E-state index < -0.39 is 0 Å². The van der Waals surface area contributed by atoms with E-state index in [1.54, 1.807) is 6.20 Å². The van der Waals surface area contributed by atoms with E-state index in [4.69, 9.17) is 0 Å². The summed E-state index contributed by atoms with van der Waals surface area (Å²) < 4.78 is 1.97. The van der Waals surface area contributed by atoms with Crippen LogP contribution >= 0.6 is 15.9 Å². The second-order valence-corrected chi connectivity index (χ2v) is 3.85. The minimum absolute atomic E-state index is 0.101. The monoisotopic (exact) mass is 265 g/mol. The molecule has 0 saturated carbocycles. The zero-order chi connectivity index (χ0) is 10.7. The van der Waals surface area contributed by atoms with Crippen LogP contribution in [-0.4, -0.2) is 14.5 Å². The van der Waals surface area contributed by atoms with Gasteiger partial charge in [-0.1, -0.05) is 6.07 Å². The summed E-state index contributed by atoms with van der Waals surface area (Å²) in [4.78, 5) is 19.7. The first-order chi connectivity index (χ1) is 7.27. The Bertz CT molecular complexity index is 510. The maximum Gasteiger partial charge on any atom is 0.267 e. The van der Waals surface area contributed by atoms with Gasteiger partial charge in [-0.05, 0) is 28.1 Å². The Hall–Kier alpha value is -1.49. The molecule has 76 valence electrons. The molecule has 4 nitrogen and oxygen atoms in total. The molecule has 0 N–H and O–H groups in total. The third-order valence-electron chi connectivity index (χ3n) is 1.92. The van der Waals surface area contributed by atoms with Crippen molar-refractivity contribution in [3.8, 4) is 0 Å². The third-order valence-corrected chi connectivity index (χ3v) is 2.46. The second-order valence-electron chi connectivity index (χ2n) is 3.00. The van der Waals surface area contributed by atoms with E-state index >= 15 is 0 Å². The number of nitrogens with zero attached hydrogens (tertiary/aromatic N) is 3. The van der Waals surface area contributed by atoms with E-state index in [1.165, 1.54) is 17.1 Å². The molecular formula is C10H8BrN3O. The first-order valence-corrected chi connectivity index (χ1v) is 5.16. The van der Waals surface area contributed by atoms with Gasteiger partial charge in [0.05, 0.1) is 18.6 Å². The molecule has 15 heavy (non-hydrogen) atoms. The van der Waals surface area contributed by atoms with Crippen molar-refractivity contribution in [1.82, 2.24) is 14.5 Å². The summed E-state index contributed by atoms with van der Waals surface area (Å²) in [5.74, 6) is 0. The Morgan fingerprint density at radius 1 is 1.40 bits per heavy atom. The standard InChI is InChI=1S/C10H8BrN3O/c11-9-5-12-7-14(10(9)15)6-8-3-1-2-4-13-8/h1-5,7H,6H2. The third kappa shape index (κ3) is 2.30. The zero-order valence-electron chi connectivity index (χ0n) is 7.80.